The first-order chi connectivity index (χ1) is 11.7. The van der Waals surface area contributed by atoms with Crippen molar-refractivity contribution in [1.82, 2.24) is 10.2 Å². The van der Waals surface area contributed by atoms with Crippen LogP contribution in [-0.4, -0.2) is 35.9 Å². The Morgan fingerprint density at radius 3 is 2.79 bits per heavy atom. The highest BCUT2D eigenvalue weighted by atomic mass is 16.5. The van der Waals surface area contributed by atoms with E-state index in [0.717, 1.165) is 42.0 Å². The van der Waals surface area contributed by atoms with Crippen molar-refractivity contribution in [3.05, 3.63) is 42.0 Å². The molecule has 0 radical (unpaired) electrons. The number of rotatable bonds is 4. The third kappa shape index (κ3) is 3.55. The van der Waals surface area contributed by atoms with Gasteiger partial charge in [-0.2, -0.15) is 0 Å². The van der Waals surface area contributed by atoms with Gasteiger partial charge in [0.25, 0.3) is 0 Å². The van der Waals surface area contributed by atoms with Crippen LogP contribution in [0.3, 0.4) is 0 Å². The maximum atomic E-state index is 12.0. The van der Waals surface area contributed by atoms with Crippen LogP contribution in [0.25, 0.3) is 11.3 Å². The minimum Gasteiger partial charge on any atom is -0.466 e. The summed E-state index contributed by atoms with van der Waals surface area (Å²) in [4.78, 5) is 14.2. The molecule has 1 aromatic heterocycles. The van der Waals surface area contributed by atoms with Gasteiger partial charge in [-0.3, -0.25) is 4.79 Å². The predicted molar refractivity (Wildman–Crippen MR) is 93.8 cm³/mol. The summed E-state index contributed by atoms with van der Waals surface area (Å²) < 4.78 is 5.17. The molecule has 5 heteroatoms. The number of piperidine rings is 1. The molecule has 24 heavy (non-hydrogen) atoms. The van der Waals surface area contributed by atoms with Crippen LogP contribution in [0, 0.1) is 12.8 Å². The van der Waals surface area contributed by atoms with Crippen molar-refractivity contribution in [3.63, 3.8) is 0 Å². The van der Waals surface area contributed by atoms with E-state index in [4.69, 9.17) is 4.74 Å². The summed E-state index contributed by atoms with van der Waals surface area (Å²) in [5, 5.41) is 8.83. The fraction of sp³-hybridized carbons (Fsp3) is 0.421. The van der Waals surface area contributed by atoms with Gasteiger partial charge in [0.05, 0.1) is 18.2 Å². The average Bonchev–Trinajstić information content (AvgIpc) is 2.62. The van der Waals surface area contributed by atoms with Gasteiger partial charge in [0.1, 0.15) is 0 Å². The van der Waals surface area contributed by atoms with Crippen LogP contribution in [0.2, 0.25) is 0 Å². The standard InChI is InChI=1S/C19H23N3O2/c1-3-24-19(23)16-10-7-11-22(13-16)18-14(2)12-17(20-21-18)15-8-5-4-6-9-15/h4-6,8-9,12,16H,3,7,10-11,13H2,1-2H3. The van der Waals surface area contributed by atoms with Crippen molar-refractivity contribution in [2.75, 3.05) is 24.6 Å². The summed E-state index contributed by atoms with van der Waals surface area (Å²) >= 11 is 0. The molecule has 1 saturated heterocycles. The van der Waals surface area contributed by atoms with E-state index in [9.17, 15) is 4.79 Å². The second-order valence-corrected chi connectivity index (χ2v) is 6.14. The molecular weight excluding hydrogens is 302 g/mol. The van der Waals surface area contributed by atoms with Crippen molar-refractivity contribution in [1.29, 1.82) is 0 Å². The highest BCUT2D eigenvalue weighted by molar-refractivity contribution is 5.73. The van der Waals surface area contributed by atoms with Gasteiger partial charge in [0.15, 0.2) is 5.82 Å². The van der Waals surface area contributed by atoms with Crippen molar-refractivity contribution < 1.29 is 9.53 Å². The average molecular weight is 325 g/mol. The number of esters is 1. The van der Waals surface area contributed by atoms with E-state index in [-0.39, 0.29) is 11.9 Å². The van der Waals surface area contributed by atoms with Crippen molar-refractivity contribution in [2.24, 2.45) is 5.92 Å². The van der Waals surface area contributed by atoms with E-state index < -0.39 is 0 Å². The Morgan fingerprint density at radius 1 is 1.29 bits per heavy atom. The number of ether oxygens (including phenoxy) is 1. The highest BCUT2D eigenvalue weighted by Crippen LogP contribution is 2.27. The van der Waals surface area contributed by atoms with Crippen molar-refractivity contribution in [2.45, 2.75) is 26.7 Å². The zero-order valence-electron chi connectivity index (χ0n) is 14.2. The van der Waals surface area contributed by atoms with Crippen molar-refractivity contribution >= 4 is 11.8 Å². The predicted octanol–water partition coefficient (Wildman–Crippen LogP) is 3.23. The quantitative estimate of drug-likeness (QED) is 0.808. The molecule has 1 unspecified atom stereocenters. The van der Waals surface area contributed by atoms with Crippen LogP contribution in [0.15, 0.2) is 36.4 Å². The third-order valence-electron chi connectivity index (χ3n) is 4.37. The smallest absolute Gasteiger partial charge is 0.310 e. The Morgan fingerprint density at radius 2 is 2.08 bits per heavy atom. The lowest BCUT2D eigenvalue weighted by Crippen LogP contribution is -2.40. The van der Waals surface area contributed by atoms with Gasteiger partial charge < -0.3 is 9.64 Å². The molecule has 0 spiro atoms. The lowest BCUT2D eigenvalue weighted by Gasteiger charge is -2.32. The minimum atomic E-state index is -0.103. The largest absolute Gasteiger partial charge is 0.466 e. The SMILES string of the molecule is CCOC(=O)C1CCCN(c2nnc(-c3ccccc3)cc2C)C1. The van der Waals surface area contributed by atoms with Gasteiger partial charge in [-0.25, -0.2) is 0 Å². The molecule has 1 aromatic carbocycles. The van der Waals surface area contributed by atoms with E-state index in [2.05, 4.69) is 21.2 Å². The van der Waals surface area contributed by atoms with E-state index in [1.54, 1.807) is 0 Å². The molecule has 3 rings (SSSR count). The first kappa shape index (κ1) is 16.4. The molecule has 1 aliphatic rings. The maximum absolute atomic E-state index is 12.0. The molecule has 0 aliphatic carbocycles. The summed E-state index contributed by atoms with van der Waals surface area (Å²) in [5.74, 6) is 0.686. The van der Waals surface area contributed by atoms with Gasteiger partial charge >= 0.3 is 5.97 Å². The van der Waals surface area contributed by atoms with Crippen LogP contribution in [0.4, 0.5) is 5.82 Å². The molecule has 2 aromatic rings. The molecule has 1 atom stereocenters. The lowest BCUT2D eigenvalue weighted by atomic mass is 9.98. The number of hydrogen-bond acceptors (Lipinski definition) is 5. The summed E-state index contributed by atoms with van der Waals surface area (Å²) in [5.41, 5.74) is 3.01. The Kier molecular flexibility index (Phi) is 5.08. The molecule has 0 amide bonds. The molecule has 0 N–H and O–H groups in total. The number of nitrogens with zero attached hydrogens (tertiary/aromatic N) is 3. The number of aromatic nitrogens is 2. The van der Waals surface area contributed by atoms with Gasteiger partial charge in [0, 0.05) is 18.7 Å². The first-order valence-corrected chi connectivity index (χ1v) is 8.50. The van der Waals surface area contributed by atoms with Gasteiger partial charge in [0.2, 0.25) is 0 Å². The molecular formula is C19H23N3O2. The Balaban J connectivity index is 1.78. The van der Waals surface area contributed by atoms with Crippen LogP contribution in [0.1, 0.15) is 25.3 Å². The molecule has 2 heterocycles. The Labute approximate surface area is 142 Å². The normalized spacial score (nSPS) is 17.6. The molecule has 126 valence electrons. The van der Waals surface area contributed by atoms with Crippen molar-refractivity contribution in [3.8, 4) is 11.3 Å². The van der Waals surface area contributed by atoms with Crippen LogP contribution < -0.4 is 4.90 Å². The van der Waals surface area contributed by atoms with Crippen LogP contribution in [-0.2, 0) is 9.53 Å². The molecule has 5 nitrogen and oxygen atoms in total. The van der Waals surface area contributed by atoms with Crippen LogP contribution >= 0.6 is 0 Å². The van der Waals surface area contributed by atoms with Crippen LogP contribution in [0.5, 0.6) is 0 Å². The lowest BCUT2D eigenvalue weighted by molar-refractivity contribution is -0.148. The maximum Gasteiger partial charge on any atom is 0.310 e. The van der Waals surface area contributed by atoms with E-state index in [1.807, 2.05) is 44.2 Å². The number of carbonyl (C=O) groups excluding carboxylic acids is 1. The monoisotopic (exact) mass is 325 g/mol. The summed E-state index contributed by atoms with van der Waals surface area (Å²) in [6.07, 6.45) is 1.84. The van der Waals surface area contributed by atoms with E-state index in [0.29, 0.717) is 13.2 Å². The minimum absolute atomic E-state index is 0.0753. The number of carbonyl (C=O) groups is 1. The summed E-state index contributed by atoms with van der Waals surface area (Å²) in [6, 6.07) is 12.1. The Bertz CT molecular complexity index is 703. The molecule has 0 saturated carbocycles. The molecule has 1 aliphatic heterocycles. The molecule has 0 bridgehead atoms. The fourth-order valence-corrected chi connectivity index (χ4v) is 3.16. The number of hydrogen-bond donors (Lipinski definition) is 0. The van der Waals surface area contributed by atoms with Gasteiger partial charge in [-0.1, -0.05) is 30.3 Å². The number of benzene rings is 1. The highest BCUT2D eigenvalue weighted by Gasteiger charge is 2.28. The van der Waals surface area contributed by atoms with E-state index >= 15 is 0 Å². The Hall–Kier alpha value is -2.43. The molecule has 1 fully saturated rings. The second kappa shape index (κ2) is 7.43. The summed E-state index contributed by atoms with van der Waals surface area (Å²) in [6.45, 7) is 5.87. The summed E-state index contributed by atoms with van der Waals surface area (Å²) in [7, 11) is 0. The van der Waals surface area contributed by atoms with Gasteiger partial charge in [-0.15, -0.1) is 10.2 Å². The number of anilines is 1. The van der Waals surface area contributed by atoms with Gasteiger partial charge in [-0.05, 0) is 38.3 Å². The fourth-order valence-electron chi connectivity index (χ4n) is 3.16. The zero-order chi connectivity index (χ0) is 16.9. The topological polar surface area (TPSA) is 55.3 Å². The first-order valence-electron chi connectivity index (χ1n) is 8.50. The van der Waals surface area contributed by atoms with E-state index in [1.165, 1.54) is 0 Å². The zero-order valence-corrected chi connectivity index (χ0v) is 14.2. The second-order valence-electron chi connectivity index (χ2n) is 6.14. The third-order valence-corrected chi connectivity index (χ3v) is 4.37. The number of aryl methyl sites for hydroxylation is 1.